The molecule has 1 N–H and O–H groups in total. The zero-order valence-corrected chi connectivity index (χ0v) is 11.2. The maximum Gasteiger partial charge on any atom is 0.0606 e. The molecule has 0 aliphatic heterocycles. The van der Waals surface area contributed by atoms with Gasteiger partial charge in [0.05, 0.1) is 16.1 Å². The van der Waals surface area contributed by atoms with Crippen LogP contribution in [0.5, 0.6) is 0 Å². The summed E-state index contributed by atoms with van der Waals surface area (Å²) in [7, 11) is 0. The van der Waals surface area contributed by atoms with E-state index < -0.39 is 0 Å². The predicted molar refractivity (Wildman–Crippen MR) is 70.2 cm³/mol. The Morgan fingerprint density at radius 3 is 2.50 bits per heavy atom. The molecule has 1 rings (SSSR count). The van der Waals surface area contributed by atoms with Gasteiger partial charge in [-0.15, -0.1) is 0 Å². The lowest BCUT2D eigenvalue weighted by molar-refractivity contribution is 0.111. The standard InChI is InChI=1S/C13H18Cl2O/c1-3-4-9(2)13(16)8-10-5-6-11(14)12(15)7-10/h5-7,9,13,16H,3-4,8H2,1-2H3. The number of halogens is 2. The van der Waals surface area contributed by atoms with Gasteiger partial charge in [-0.3, -0.25) is 0 Å². The summed E-state index contributed by atoms with van der Waals surface area (Å²) in [5.74, 6) is 0.319. The van der Waals surface area contributed by atoms with Gasteiger partial charge in [0.25, 0.3) is 0 Å². The average Bonchev–Trinajstić information content (AvgIpc) is 2.24. The van der Waals surface area contributed by atoms with Gasteiger partial charge in [-0.1, -0.05) is 49.5 Å². The quantitative estimate of drug-likeness (QED) is 0.836. The molecule has 0 saturated carbocycles. The Labute approximate surface area is 107 Å². The van der Waals surface area contributed by atoms with Crippen molar-refractivity contribution >= 4 is 23.2 Å². The highest BCUT2D eigenvalue weighted by molar-refractivity contribution is 6.42. The first-order valence-corrected chi connectivity index (χ1v) is 6.42. The van der Waals surface area contributed by atoms with Crippen LogP contribution in [0.25, 0.3) is 0 Å². The minimum atomic E-state index is -0.308. The molecule has 0 saturated heterocycles. The van der Waals surface area contributed by atoms with Crippen LogP contribution in [-0.2, 0) is 6.42 Å². The summed E-state index contributed by atoms with van der Waals surface area (Å²) in [6.45, 7) is 4.20. The van der Waals surface area contributed by atoms with Crippen molar-refractivity contribution in [3.63, 3.8) is 0 Å². The molecule has 2 atom stereocenters. The van der Waals surface area contributed by atoms with Crippen LogP contribution >= 0.6 is 23.2 Å². The number of aliphatic hydroxyl groups excluding tert-OH is 1. The highest BCUT2D eigenvalue weighted by atomic mass is 35.5. The van der Waals surface area contributed by atoms with E-state index in [4.69, 9.17) is 23.2 Å². The third-order valence-electron chi connectivity index (χ3n) is 2.83. The highest BCUT2D eigenvalue weighted by Gasteiger charge is 2.14. The van der Waals surface area contributed by atoms with Crippen molar-refractivity contribution in [3.05, 3.63) is 33.8 Å². The maximum absolute atomic E-state index is 9.99. The highest BCUT2D eigenvalue weighted by Crippen LogP contribution is 2.24. The van der Waals surface area contributed by atoms with E-state index in [9.17, 15) is 5.11 Å². The lowest BCUT2D eigenvalue weighted by Crippen LogP contribution is -2.20. The number of aliphatic hydroxyl groups is 1. The number of hydrogen-bond donors (Lipinski definition) is 1. The van der Waals surface area contributed by atoms with Gasteiger partial charge in [-0.05, 0) is 36.5 Å². The maximum atomic E-state index is 9.99. The van der Waals surface area contributed by atoms with Crippen LogP contribution < -0.4 is 0 Å². The van der Waals surface area contributed by atoms with Gasteiger partial charge < -0.3 is 5.11 Å². The Balaban J connectivity index is 2.62. The molecule has 0 aliphatic rings. The molecule has 16 heavy (non-hydrogen) atoms. The second kappa shape index (κ2) is 6.48. The fourth-order valence-electron chi connectivity index (χ4n) is 1.76. The van der Waals surface area contributed by atoms with Gasteiger partial charge in [0.2, 0.25) is 0 Å². The first-order chi connectivity index (χ1) is 7.54. The number of hydrogen-bond acceptors (Lipinski definition) is 1. The summed E-state index contributed by atoms with van der Waals surface area (Å²) in [5, 5.41) is 11.1. The van der Waals surface area contributed by atoms with E-state index in [1.807, 2.05) is 12.1 Å². The van der Waals surface area contributed by atoms with Gasteiger partial charge in [-0.2, -0.15) is 0 Å². The molecule has 0 aliphatic carbocycles. The third kappa shape index (κ3) is 3.97. The van der Waals surface area contributed by atoms with E-state index in [1.54, 1.807) is 6.07 Å². The molecule has 1 aromatic carbocycles. The van der Waals surface area contributed by atoms with Crippen molar-refractivity contribution in [2.45, 2.75) is 39.2 Å². The van der Waals surface area contributed by atoms with Crippen LogP contribution in [-0.4, -0.2) is 11.2 Å². The summed E-state index contributed by atoms with van der Waals surface area (Å²) in [6.07, 6.45) is 2.47. The summed E-state index contributed by atoms with van der Waals surface area (Å²) >= 11 is 11.8. The average molecular weight is 261 g/mol. The Morgan fingerprint density at radius 2 is 1.94 bits per heavy atom. The molecular weight excluding hydrogens is 243 g/mol. The summed E-state index contributed by atoms with van der Waals surface area (Å²) in [6, 6.07) is 5.51. The smallest absolute Gasteiger partial charge is 0.0606 e. The van der Waals surface area contributed by atoms with Gasteiger partial charge in [0.1, 0.15) is 0 Å². The first-order valence-electron chi connectivity index (χ1n) is 5.66. The summed E-state index contributed by atoms with van der Waals surface area (Å²) < 4.78 is 0. The number of rotatable bonds is 5. The normalized spacial score (nSPS) is 14.8. The molecule has 90 valence electrons. The summed E-state index contributed by atoms with van der Waals surface area (Å²) in [5.41, 5.74) is 1.03. The summed E-state index contributed by atoms with van der Waals surface area (Å²) in [4.78, 5) is 0. The van der Waals surface area contributed by atoms with Crippen molar-refractivity contribution in [2.24, 2.45) is 5.92 Å². The molecule has 0 bridgehead atoms. The van der Waals surface area contributed by atoms with Gasteiger partial charge >= 0.3 is 0 Å². The fraction of sp³-hybridized carbons (Fsp3) is 0.538. The predicted octanol–water partition coefficient (Wildman–Crippen LogP) is 4.33. The van der Waals surface area contributed by atoms with Crippen LogP contribution in [0.2, 0.25) is 10.0 Å². The number of benzene rings is 1. The van der Waals surface area contributed by atoms with E-state index >= 15 is 0 Å². The molecule has 2 unspecified atom stereocenters. The zero-order valence-electron chi connectivity index (χ0n) is 9.71. The molecule has 1 aromatic rings. The zero-order chi connectivity index (χ0) is 12.1. The molecule has 1 nitrogen and oxygen atoms in total. The Hall–Kier alpha value is -0.240. The first kappa shape index (κ1) is 13.8. The Morgan fingerprint density at radius 1 is 1.25 bits per heavy atom. The lowest BCUT2D eigenvalue weighted by Gasteiger charge is -2.18. The van der Waals surface area contributed by atoms with Crippen LogP contribution in [0.3, 0.4) is 0 Å². The van der Waals surface area contributed by atoms with E-state index in [1.165, 1.54) is 0 Å². The Kier molecular flexibility index (Phi) is 5.60. The van der Waals surface area contributed by atoms with E-state index in [0.717, 1.165) is 18.4 Å². The largest absolute Gasteiger partial charge is 0.393 e. The van der Waals surface area contributed by atoms with Crippen molar-refractivity contribution in [1.29, 1.82) is 0 Å². The second-order valence-electron chi connectivity index (χ2n) is 4.29. The molecule has 0 fully saturated rings. The monoisotopic (exact) mass is 260 g/mol. The van der Waals surface area contributed by atoms with Crippen molar-refractivity contribution in [1.82, 2.24) is 0 Å². The van der Waals surface area contributed by atoms with Gasteiger partial charge in [0.15, 0.2) is 0 Å². The molecule has 0 spiro atoms. The molecule has 3 heteroatoms. The van der Waals surface area contributed by atoms with Crippen molar-refractivity contribution in [3.8, 4) is 0 Å². The van der Waals surface area contributed by atoms with E-state index in [2.05, 4.69) is 13.8 Å². The van der Waals surface area contributed by atoms with E-state index in [-0.39, 0.29) is 6.10 Å². The van der Waals surface area contributed by atoms with Gasteiger partial charge in [0, 0.05) is 0 Å². The molecule has 0 amide bonds. The molecule has 0 radical (unpaired) electrons. The van der Waals surface area contributed by atoms with Crippen molar-refractivity contribution < 1.29 is 5.11 Å². The van der Waals surface area contributed by atoms with Crippen LogP contribution in [0, 0.1) is 5.92 Å². The van der Waals surface area contributed by atoms with Gasteiger partial charge in [-0.25, -0.2) is 0 Å². The third-order valence-corrected chi connectivity index (χ3v) is 3.57. The topological polar surface area (TPSA) is 20.2 Å². The van der Waals surface area contributed by atoms with E-state index in [0.29, 0.717) is 22.4 Å². The SMILES string of the molecule is CCCC(C)C(O)Cc1ccc(Cl)c(Cl)c1. The fourth-order valence-corrected chi connectivity index (χ4v) is 2.08. The molecular formula is C13H18Cl2O. The van der Waals surface area contributed by atoms with Crippen LogP contribution in [0.4, 0.5) is 0 Å². The minimum Gasteiger partial charge on any atom is -0.393 e. The Bertz CT molecular complexity index is 339. The van der Waals surface area contributed by atoms with Crippen LogP contribution in [0.15, 0.2) is 18.2 Å². The van der Waals surface area contributed by atoms with Crippen LogP contribution in [0.1, 0.15) is 32.3 Å². The minimum absolute atomic E-state index is 0.308. The van der Waals surface area contributed by atoms with Crippen molar-refractivity contribution in [2.75, 3.05) is 0 Å². The lowest BCUT2D eigenvalue weighted by atomic mass is 9.94. The second-order valence-corrected chi connectivity index (χ2v) is 5.10. The molecule has 0 heterocycles. The molecule has 0 aromatic heterocycles.